The van der Waals surface area contributed by atoms with Crippen molar-refractivity contribution in [2.75, 3.05) is 4.90 Å². The van der Waals surface area contributed by atoms with Crippen LogP contribution >= 0.6 is 12.2 Å². The number of thiocarbonyl (C=S) groups is 1. The maximum atomic E-state index is 14.0. The molecular formula is C28H27FN4S. The zero-order chi connectivity index (χ0) is 23.8. The number of benzene rings is 2. The van der Waals surface area contributed by atoms with E-state index in [1.165, 1.54) is 11.6 Å². The molecule has 1 saturated heterocycles. The molecule has 1 fully saturated rings. The molecule has 2 aromatic heterocycles. The summed E-state index contributed by atoms with van der Waals surface area (Å²) in [7, 11) is 0. The summed E-state index contributed by atoms with van der Waals surface area (Å²) in [5.74, 6) is -0.251. The first-order valence-electron chi connectivity index (χ1n) is 11.5. The molecule has 34 heavy (non-hydrogen) atoms. The SMILES string of the molecule is CCc1ccc(N2C(=S)N[C@H](c3ccccn3)[C@@H]2c2cc(C)n(-c3cccc(F)c3)c2C)cc1. The third-order valence-corrected chi connectivity index (χ3v) is 6.89. The molecule has 1 aliphatic heterocycles. The fourth-order valence-corrected chi connectivity index (χ4v) is 5.29. The molecule has 4 nitrogen and oxygen atoms in total. The number of rotatable bonds is 5. The summed E-state index contributed by atoms with van der Waals surface area (Å²) in [6, 6.07) is 23.2. The molecule has 2 atom stereocenters. The third-order valence-electron chi connectivity index (χ3n) is 6.58. The minimum atomic E-state index is -0.251. The van der Waals surface area contributed by atoms with Crippen molar-refractivity contribution >= 4 is 23.0 Å². The van der Waals surface area contributed by atoms with Crippen molar-refractivity contribution in [3.63, 3.8) is 0 Å². The Morgan fingerprint density at radius 2 is 1.76 bits per heavy atom. The second-order valence-electron chi connectivity index (χ2n) is 8.66. The highest BCUT2D eigenvalue weighted by Gasteiger charge is 2.42. The van der Waals surface area contributed by atoms with Crippen LogP contribution in [-0.2, 0) is 6.42 Å². The van der Waals surface area contributed by atoms with Gasteiger partial charge in [-0.15, -0.1) is 0 Å². The van der Waals surface area contributed by atoms with E-state index in [-0.39, 0.29) is 17.9 Å². The fraction of sp³-hybridized carbons (Fsp3) is 0.214. The Balaban J connectivity index is 1.67. The number of halogens is 1. The van der Waals surface area contributed by atoms with E-state index in [1.54, 1.807) is 12.1 Å². The van der Waals surface area contributed by atoms with Gasteiger partial charge in [0.25, 0.3) is 0 Å². The van der Waals surface area contributed by atoms with E-state index in [9.17, 15) is 4.39 Å². The van der Waals surface area contributed by atoms with Crippen LogP contribution in [0.3, 0.4) is 0 Å². The van der Waals surface area contributed by atoms with Gasteiger partial charge < -0.3 is 14.8 Å². The normalized spacial score (nSPS) is 17.8. The van der Waals surface area contributed by atoms with Gasteiger partial charge in [0.05, 0.1) is 17.8 Å². The van der Waals surface area contributed by atoms with Crippen molar-refractivity contribution in [1.29, 1.82) is 0 Å². The van der Waals surface area contributed by atoms with Crippen molar-refractivity contribution < 1.29 is 4.39 Å². The number of aromatic nitrogens is 2. The summed E-state index contributed by atoms with van der Waals surface area (Å²) in [5.41, 5.74) is 7.27. The molecule has 0 bridgehead atoms. The largest absolute Gasteiger partial charge is 0.351 e. The molecule has 6 heteroatoms. The third kappa shape index (κ3) is 3.88. The number of pyridine rings is 1. The average Bonchev–Trinajstić information content (AvgIpc) is 3.34. The summed E-state index contributed by atoms with van der Waals surface area (Å²) in [5, 5.41) is 4.19. The van der Waals surface area contributed by atoms with Gasteiger partial charge in [0.1, 0.15) is 5.82 Å². The Bertz CT molecular complexity index is 1330. The highest BCUT2D eigenvalue weighted by atomic mass is 32.1. The summed E-state index contributed by atoms with van der Waals surface area (Å²) in [6.07, 6.45) is 2.80. The van der Waals surface area contributed by atoms with E-state index in [4.69, 9.17) is 12.2 Å². The van der Waals surface area contributed by atoms with Crippen molar-refractivity contribution in [3.8, 4) is 5.69 Å². The first-order valence-corrected chi connectivity index (χ1v) is 11.9. The Morgan fingerprint density at radius 3 is 2.44 bits per heavy atom. The molecule has 5 rings (SSSR count). The summed E-state index contributed by atoms with van der Waals surface area (Å²) in [6.45, 7) is 6.29. The zero-order valence-electron chi connectivity index (χ0n) is 19.5. The van der Waals surface area contributed by atoms with E-state index < -0.39 is 0 Å². The Hall–Kier alpha value is -3.51. The Kier molecular flexibility index (Phi) is 5.92. The molecule has 4 aromatic rings. The maximum Gasteiger partial charge on any atom is 0.174 e. The van der Waals surface area contributed by atoms with Crippen LogP contribution in [0.1, 0.15) is 47.2 Å². The number of anilines is 1. The van der Waals surface area contributed by atoms with Crippen molar-refractivity contribution in [3.05, 3.63) is 113 Å². The van der Waals surface area contributed by atoms with Crippen LogP contribution in [-0.4, -0.2) is 14.7 Å². The van der Waals surface area contributed by atoms with Gasteiger partial charge in [-0.3, -0.25) is 4.98 Å². The van der Waals surface area contributed by atoms with E-state index in [2.05, 4.69) is 70.9 Å². The zero-order valence-corrected chi connectivity index (χ0v) is 20.3. The Labute approximate surface area is 205 Å². The second-order valence-corrected chi connectivity index (χ2v) is 9.05. The van der Waals surface area contributed by atoms with Crippen LogP contribution in [0, 0.1) is 19.7 Å². The number of hydrogen-bond donors (Lipinski definition) is 1. The first kappa shape index (κ1) is 22.3. The van der Waals surface area contributed by atoms with Crippen molar-refractivity contribution in [1.82, 2.24) is 14.9 Å². The van der Waals surface area contributed by atoms with E-state index in [0.29, 0.717) is 5.11 Å². The monoisotopic (exact) mass is 470 g/mol. The van der Waals surface area contributed by atoms with Gasteiger partial charge in [0, 0.05) is 29.0 Å². The smallest absolute Gasteiger partial charge is 0.174 e. The molecule has 0 aliphatic carbocycles. The maximum absolute atomic E-state index is 14.0. The minimum absolute atomic E-state index is 0.108. The minimum Gasteiger partial charge on any atom is -0.351 e. The molecule has 2 aromatic carbocycles. The fourth-order valence-electron chi connectivity index (χ4n) is 4.94. The molecule has 1 aliphatic rings. The number of hydrogen-bond acceptors (Lipinski definition) is 2. The van der Waals surface area contributed by atoms with Gasteiger partial charge >= 0.3 is 0 Å². The van der Waals surface area contributed by atoms with Gasteiger partial charge in [-0.2, -0.15) is 0 Å². The average molecular weight is 471 g/mol. The van der Waals surface area contributed by atoms with Crippen molar-refractivity contribution in [2.24, 2.45) is 0 Å². The lowest BCUT2D eigenvalue weighted by atomic mass is 9.96. The van der Waals surface area contributed by atoms with E-state index >= 15 is 0 Å². The number of nitrogens with zero attached hydrogens (tertiary/aromatic N) is 3. The van der Waals surface area contributed by atoms with E-state index in [1.807, 2.05) is 30.5 Å². The van der Waals surface area contributed by atoms with Crippen LogP contribution in [0.2, 0.25) is 0 Å². The first-order chi connectivity index (χ1) is 16.5. The van der Waals surface area contributed by atoms with Crippen LogP contribution in [0.15, 0.2) is 79.0 Å². The van der Waals surface area contributed by atoms with Crippen LogP contribution in [0.4, 0.5) is 10.1 Å². The van der Waals surface area contributed by atoms with Crippen LogP contribution < -0.4 is 10.2 Å². The highest BCUT2D eigenvalue weighted by Crippen LogP contribution is 2.43. The molecular weight excluding hydrogens is 443 g/mol. The molecule has 1 N–H and O–H groups in total. The molecule has 0 radical (unpaired) electrons. The van der Waals surface area contributed by atoms with E-state index in [0.717, 1.165) is 40.4 Å². The molecule has 0 spiro atoms. The number of nitrogens with one attached hydrogen (secondary N) is 1. The summed E-state index contributed by atoms with van der Waals surface area (Å²) in [4.78, 5) is 6.84. The van der Waals surface area contributed by atoms with Crippen molar-refractivity contribution in [2.45, 2.75) is 39.3 Å². The van der Waals surface area contributed by atoms with Gasteiger partial charge in [0.15, 0.2) is 5.11 Å². The van der Waals surface area contributed by atoms with Gasteiger partial charge in [0.2, 0.25) is 0 Å². The quantitative estimate of drug-likeness (QED) is 0.344. The predicted octanol–water partition coefficient (Wildman–Crippen LogP) is 6.37. The number of aryl methyl sites for hydroxylation is 2. The molecule has 172 valence electrons. The van der Waals surface area contributed by atoms with Gasteiger partial charge in [-0.1, -0.05) is 31.2 Å². The second kappa shape index (κ2) is 9.03. The summed E-state index contributed by atoms with van der Waals surface area (Å²) < 4.78 is 16.2. The van der Waals surface area contributed by atoms with Gasteiger partial charge in [-0.25, -0.2) is 4.39 Å². The van der Waals surface area contributed by atoms with Crippen LogP contribution in [0.5, 0.6) is 0 Å². The standard InChI is InChI=1S/C28H27FN4S/c1-4-20-11-13-22(14-12-20)33-27(26(31-28(33)34)25-10-5-6-15-30-25)24-16-18(2)32(19(24)3)23-9-7-8-21(29)17-23/h5-17,26-27H,4H2,1-3H3,(H,31,34)/t26-,27+/m1/s1. The predicted molar refractivity (Wildman–Crippen MR) is 139 cm³/mol. The Morgan fingerprint density at radius 1 is 0.971 bits per heavy atom. The highest BCUT2D eigenvalue weighted by molar-refractivity contribution is 7.80. The lowest BCUT2D eigenvalue weighted by molar-refractivity contribution is 0.565. The molecule has 0 amide bonds. The lowest BCUT2D eigenvalue weighted by Crippen LogP contribution is -2.29. The molecule has 0 unspecified atom stereocenters. The molecule has 3 heterocycles. The van der Waals surface area contributed by atoms with Crippen LogP contribution in [0.25, 0.3) is 5.69 Å². The summed E-state index contributed by atoms with van der Waals surface area (Å²) >= 11 is 5.86. The molecule has 0 saturated carbocycles. The topological polar surface area (TPSA) is 33.1 Å². The lowest BCUT2D eigenvalue weighted by Gasteiger charge is -2.28. The van der Waals surface area contributed by atoms with Gasteiger partial charge in [-0.05, 0) is 92.1 Å².